The van der Waals surface area contributed by atoms with Crippen molar-refractivity contribution in [2.24, 2.45) is 0 Å². The first-order valence-corrected chi connectivity index (χ1v) is 5.48. The summed E-state index contributed by atoms with van der Waals surface area (Å²) in [4.78, 5) is 13.6. The number of hydrogen-bond acceptors (Lipinski definition) is 2. The normalized spacial score (nSPS) is 21.3. The summed E-state index contributed by atoms with van der Waals surface area (Å²) < 4.78 is 0. The Labute approximate surface area is 86.0 Å². The largest absolute Gasteiger partial charge is 0.338 e. The van der Waals surface area contributed by atoms with E-state index < -0.39 is 0 Å². The first-order chi connectivity index (χ1) is 6.79. The Hall–Kier alpha value is -0.770. The van der Waals surface area contributed by atoms with Gasteiger partial charge in [0.2, 0.25) is 0 Å². The fourth-order valence-electron chi connectivity index (χ4n) is 1.88. The second-order valence-electron chi connectivity index (χ2n) is 3.78. The smallest absolute Gasteiger partial charge is 0.317 e. The maximum absolute atomic E-state index is 11.7. The quantitative estimate of drug-likeness (QED) is 0.703. The van der Waals surface area contributed by atoms with Crippen LogP contribution in [0.5, 0.6) is 0 Å². The molecule has 0 bridgehead atoms. The van der Waals surface area contributed by atoms with Gasteiger partial charge in [-0.15, -0.1) is 0 Å². The van der Waals surface area contributed by atoms with E-state index in [0.717, 1.165) is 38.9 Å². The molecule has 1 aliphatic heterocycles. The first kappa shape index (κ1) is 11.3. The summed E-state index contributed by atoms with van der Waals surface area (Å²) in [6.07, 6.45) is 3.25. The van der Waals surface area contributed by atoms with Gasteiger partial charge in [0, 0.05) is 25.7 Å². The van der Waals surface area contributed by atoms with Gasteiger partial charge in [0.25, 0.3) is 0 Å². The Bertz CT molecular complexity index is 184. The van der Waals surface area contributed by atoms with Gasteiger partial charge in [0.15, 0.2) is 0 Å². The summed E-state index contributed by atoms with van der Waals surface area (Å²) >= 11 is 0. The number of nitrogens with one attached hydrogen (secondary N) is 2. The van der Waals surface area contributed by atoms with E-state index in [-0.39, 0.29) is 6.03 Å². The van der Waals surface area contributed by atoms with Crippen molar-refractivity contribution in [3.8, 4) is 0 Å². The Kier molecular flexibility index (Phi) is 4.73. The van der Waals surface area contributed by atoms with Crippen molar-refractivity contribution >= 4 is 6.03 Å². The average Bonchev–Trinajstić information content (AvgIpc) is 2.63. The molecule has 0 aromatic rings. The van der Waals surface area contributed by atoms with Crippen LogP contribution in [-0.2, 0) is 0 Å². The molecule has 0 saturated carbocycles. The topological polar surface area (TPSA) is 44.4 Å². The zero-order valence-electron chi connectivity index (χ0n) is 9.18. The van der Waals surface area contributed by atoms with E-state index >= 15 is 0 Å². The lowest BCUT2D eigenvalue weighted by Gasteiger charge is -2.24. The standard InChI is InChI=1S/C10H21N3O/c1-3-6-12-10(14)13-7-4-5-9(13)8-11-2/h9,11H,3-8H2,1-2H3,(H,12,14). The van der Waals surface area contributed by atoms with Crippen molar-refractivity contribution in [2.45, 2.75) is 32.2 Å². The van der Waals surface area contributed by atoms with E-state index in [9.17, 15) is 4.79 Å². The predicted molar refractivity (Wildman–Crippen MR) is 57.3 cm³/mol. The predicted octanol–water partition coefficient (Wildman–Crippen LogP) is 0.790. The van der Waals surface area contributed by atoms with Gasteiger partial charge in [-0.3, -0.25) is 0 Å². The van der Waals surface area contributed by atoms with Gasteiger partial charge in [-0.05, 0) is 26.3 Å². The molecule has 1 heterocycles. The third-order valence-electron chi connectivity index (χ3n) is 2.60. The van der Waals surface area contributed by atoms with E-state index in [1.807, 2.05) is 11.9 Å². The zero-order chi connectivity index (χ0) is 10.4. The maximum Gasteiger partial charge on any atom is 0.317 e. The molecule has 1 rings (SSSR count). The maximum atomic E-state index is 11.7. The van der Waals surface area contributed by atoms with Crippen LogP contribution in [0.25, 0.3) is 0 Å². The molecular weight excluding hydrogens is 178 g/mol. The monoisotopic (exact) mass is 199 g/mol. The molecule has 1 atom stereocenters. The van der Waals surface area contributed by atoms with Crippen LogP contribution in [0.15, 0.2) is 0 Å². The van der Waals surface area contributed by atoms with Crippen LogP contribution in [0, 0.1) is 0 Å². The number of carbonyl (C=O) groups excluding carboxylic acids is 1. The number of rotatable bonds is 4. The fraction of sp³-hybridized carbons (Fsp3) is 0.900. The molecule has 0 aromatic heterocycles. The number of likely N-dealkylation sites (tertiary alicyclic amines) is 1. The first-order valence-electron chi connectivity index (χ1n) is 5.48. The summed E-state index contributed by atoms with van der Waals surface area (Å²) in [5.74, 6) is 0. The molecule has 1 fully saturated rings. The highest BCUT2D eigenvalue weighted by atomic mass is 16.2. The molecular formula is C10H21N3O. The van der Waals surface area contributed by atoms with E-state index in [0.29, 0.717) is 6.04 Å². The third kappa shape index (κ3) is 2.87. The minimum atomic E-state index is 0.101. The molecule has 2 N–H and O–H groups in total. The van der Waals surface area contributed by atoms with Gasteiger partial charge < -0.3 is 15.5 Å². The lowest BCUT2D eigenvalue weighted by atomic mass is 10.2. The molecule has 2 amide bonds. The van der Waals surface area contributed by atoms with Crippen LogP contribution >= 0.6 is 0 Å². The summed E-state index contributed by atoms with van der Waals surface area (Å²) in [6.45, 7) is 4.65. The summed E-state index contributed by atoms with van der Waals surface area (Å²) in [6, 6.07) is 0.487. The zero-order valence-corrected chi connectivity index (χ0v) is 9.18. The van der Waals surface area contributed by atoms with E-state index in [1.54, 1.807) is 0 Å². The molecule has 1 saturated heterocycles. The molecule has 4 nitrogen and oxygen atoms in total. The van der Waals surface area contributed by atoms with Gasteiger partial charge in [-0.1, -0.05) is 6.92 Å². The van der Waals surface area contributed by atoms with Crippen LogP contribution < -0.4 is 10.6 Å². The highest BCUT2D eigenvalue weighted by Crippen LogP contribution is 2.16. The number of amides is 2. The highest BCUT2D eigenvalue weighted by Gasteiger charge is 2.27. The average molecular weight is 199 g/mol. The number of urea groups is 1. The molecule has 0 spiro atoms. The van der Waals surface area contributed by atoms with Crippen LogP contribution in [0.2, 0.25) is 0 Å². The molecule has 0 aliphatic carbocycles. The number of likely N-dealkylation sites (N-methyl/N-ethyl adjacent to an activating group) is 1. The van der Waals surface area contributed by atoms with Crippen LogP contribution in [0.4, 0.5) is 4.79 Å². The van der Waals surface area contributed by atoms with Crippen LogP contribution in [0.3, 0.4) is 0 Å². The van der Waals surface area contributed by atoms with E-state index in [4.69, 9.17) is 0 Å². The third-order valence-corrected chi connectivity index (χ3v) is 2.60. The Balaban J connectivity index is 2.36. The van der Waals surface area contributed by atoms with E-state index in [1.165, 1.54) is 0 Å². The second-order valence-corrected chi connectivity index (χ2v) is 3.78. The van der Waals surface area contributed by atoms with Crippen molar-refractivity contribution in [3.63, 3.8) is 0 Å². The van der Waals surface area contributed by atoms with Crippen molar-refractivity contribution < 1.29 is 4.79 Å². The summed E-state index contributed by atoms with van der Waals surface area (Å²) in [7, 11) is 1.93. The summed E-state index contributed by atoms with van der Waals surface area (Å²) in [5, 5.41) is 6.05. The van der Waals surface area contributed by atoms with Gasteiger partial charge in [0.05, 0.1) is 0 Å². The minimum Gasteiger partial charge on any atom is -0.338 e. The van der Waals surface area contributed by atoms with Gasteiger partial charge in [-0.25, -0.2) is 4.79 Å². The van der Waals surface area contributed by atoms with Crippen LogP contribution in [0.1, 0.15) is 26.2 Å². The molecule has 1 aliphatic rings. The molecule has 0 aromatic carbocycles. The molecule has 0 radical (unpaired) electrons. The Morgan fingerprint density at radius 2 is 2.36 bits per heavy atom. The summed E-state index contributed by atoms with van der Waals surface area (Å²) in [5.41, 5.74) is 0. The number of carbonyl (C=O) groups is 1. The van der Waals surface area contributed by atoms with Crippen LogP contribution in [-0.4, -0.2) is 43.7 Å². The SMILES string of the molecule is CCCNC(=O)N1CCCC1CNC. The molecule has 1 unspecified atom stereocenters. The van der Waals surface area contributed by atoms with Crippen molar-refractivity contribution in [3.05, 3.63) is 0 Å². The lowest BCUT2D eigenvalue weighted by molar-refractivity contribution is 0.192. The highest BCUT2D eigenvalue weighted by molar-refractivity contribution is 5.74. The fourth-order valence-corrected chi connectivity index (χ4v) is 1.88. The molecule has 82 valence electrons. The van der Waals surface area contributed by atoms with Gasteiger partial charge in [-0.2, -0.15) is 0 Å². The number of nitrogens with zero attached hydrogens (tertiary/aromatic N) is 1. The second kappa shape index (κ2) is 5.86. The number of hydrogen-bond donors (Lipinski definition) is 2. The van der Waals surface area contributed by atoms with Gasteiger partial charge in [0.1, 0.15) is 0 Å². The Morgan fingerprint density at radius 1 is 1.57 bits per heavy atom. The Morgan fingerprint density at radius 3 is 3.00 bits per heavy atom. The van der Waals surface area contributed by atoms with Crippen molar-refractivity contribution in [1.29, 1.82) is 0 Å². The van der Waals surface area contributed by atoms with Gasteiger partial charge >= 0.3 is 6.03 Å². The lowest BCUT2D eigenvalue weighted by Crippen LogP contribution is -2.46. The molecule has 4 heteroatoms. The molecule has 14 heavy (non-hydrogen) atoms. The van der Waals surface area contributed by atoms with Crippen molar-refractivity contribution in [2.75, 3.05) is 26.7 Å². The minimum absolute atomic E-state index is 0.101. The van der Waals surface area contributed by atoms with E-state index in [2.05, 4.69) is 17.6 Å². The van der Waals surface area contributed by atoms with Crippen molar-refractivity contribution in [1.82, 2.24) is 15.5 Å².